The molecule has 0 aliphatic carbocycles. The van der Waals surface area contributed by atoms with E-state index in [9.17, 15) is 9.18 Å². The van der Waals surface area contributed by atoms with E-state index >= 15 is 0 Å². The van der Waals surface area contributed by atoms with Gasteiger partial charge in [0.15, 0.2) is 5.78 Å². The van der Waals surface area contributed by atoms with Gasteiger partial charge in [-0.25, -0.2) is 4.39 Å². The molecule has 128 valence electrons. The van der Waals surface area contributed by atoms with E-state index in [0.29, 0.717) is 28.0 Å². The Bertz CT molecular complexity index is 1090. The zero-order valence-corrected chi connectivity index (χ0v) is 14.0. The summed E-state index contributed by atoms with van der Waals surface area (Å²) < 4.78 is 24.8. The van der Waals surface area contributed by atoms with Gasteiger partial charge in [0.1, 0.15) is 22.9 Å². The van der Waals surface area contributed by atoms with Crippen molar-refractivity contribution in [2.75, 3.05) is 7.11 Å². The zero-order chi connectivity index (χ0) is 18.1. The molecule has 3 aromatic carbocycles. The average Bonchev–Trinajstić information content (AvgIpc) is 3.07. The number of furan rings is 1. The maximum absolute atomic E-state index is 13.6. The molecular formula is C22H15FO3. The number of ether oxygens (including phenoxy) is 1. The van der Waals surface area contributed by atoms with E-state index < -0.39 is 5.82 Å². The van der Waals surface area contributed by atoms with Gasteiger partial charge in [0.05, 0.1) is 12.7 Å². The molecule has 26 heavy (non-hydrogen) atoms. The number of hydrogen-bond donors (Lipinski definition) is 0. The van der Waals surface area contributed by atoms with Crippen molar-refractivity contribution in [2.45, 2.75) is 0 Å². The van der Waals surface area contributed by atoms with Crippen LogP contribution < -0.4 is 4.74 Å². The summed E-state index contributed by atoms with van der Waals surface area (Å²) in [5.41, 5.74) is 2.07. The first-order valence-electron chi connectivity index (χ1n) is 8.13. The Morgan fingerprint density at radius 1 is 0.962 bits per heavy atom. The molecule has 3 nitrogen and oxygen atoms in total. The second kappa shape index (κ2) is 6.48. The van der Waals surface area contributed by atoms with Gasteiger partial charge in [-0.2, -0.15) is 0 Å². The summed E-state index contributed by atoms with van der Waals surface area (Å²) in [5.74, 6) is 0.445. The minimum absolute atomic E-state index is 0.278. The maximum atomic E-state index is 13.6. The molecular weight excluding hydrogens is 331 g/mol. The molecule has 0 saturated heterocycles. The molecule has 0 saturated carbocycles. The Balaban J connectivity index is 1.93. The minimum atomic E-state index is -0.449. The third kappa shape index (κ3) is 2.75. The summed E-state index contributed by atoms with van der Waals surface area (Å²) in [6, 6.07) is 20.3. The lowest BCUT2D eigenvalue weighted by Crippen LogP contribution is -2.02. The second-order valence-electron chi connectivity index (χ2n) is 5.87. The summed E-state index contributed by atoms with van der Waals surface area (Å²) in [6.07, 6.45) is 0. The van der Waals surface area contributed by atoms with Crippen molar-refractivity contribution in [3.8, 4) is 17.1 Å². The van der Waals surface area contributed by atoms with Gasteiger partial charge in [0.25, 0.3) is 0 Å². The van der Waals surface area contributed by atoms with Crippen molar-refractivity contribution >= 4 is 16.8 Å². The predicted molar refractivity (Wildman–Crippen MR) is 98.0 cm³/mol. The number of halogens is 1. The normalized spacial score (nSPS) is 10.8. The fraction of sp³-hybridized carbons (Fsp3) is 0.0455. The first kappa shape index (κ1) is 16.1. The van der Waals surface area contributed by atoms with Crippen molar-refractivity contribution in [1.82, 2.24) is 0 Å². The van der Waals surface area contributed by atoms with Crippen molar-refractivity contribution in [3.05, 3.63) is 89.7 Å². The lowest BCUT2D eigenvalue weighted by molar-refractivity contribution is 0.104. The fourth-order valence-electron chi connectivity index (χ4n) is 2.99. The van der Waals surface area contributed by atoms with E-state index in [1.54, 1.807) is 25.3 Å². The molecule has 0 aliphatic rings. The van der Waals surface area contributed by atoms with E-state index in [0.717, 1.165) is 5.56 Å². The number of ketones is 1. The largest absolute Gasteiger partial charge is 0.497 e. The van der Waals surface area contributed by atoms with Gasteiger partial charge in [0, 0.05) is 16.5 Å². The van der Waals surface area contributed by atoms with Gasteiger partial charge in [-0.1, -0.05) is 30.3 Å². The standard InChI is InChI=1S/C22H15FO3/c1-25-17-11-9-14(10-12-17)22-20(18-7-2-3-8-19(18)26-22)21(24)15-5-4-6-16(23)13-15/h2-13H,1H3. The number of fused-ring (bicyclic) bond motifs is 1. The van der Waals surface area contributed by atoms with Gasteiger partial charge >= 0.3 is 0 Å². The Morgan fingerprint density at radius 2 is 1.73 bits per heavy atom. The van der Waals surface area contributed by atoms with Crippen LogP contribution in [0.25, 0.3) is 22.3 Å². The van der Waals surface area contributed by atoms with Gasteiger partial charge in [-0.05, 0) is 42.5 Å². The maximum Gasteiger partial charge on any atom is 0.197 e. The zero-order valence-electron chi connectivity index (χ0n) is 14.0. The van der Waals surface area contributed by atoms with Crippen LogP contribution in [0.3, 0.4) is 0 Å². The van der Waals surface area contributed by atoms with Crippen molar-refractivity contribution in [3.63, 3.8) is 0 Å². The molecule has 0 radical (unpaired) electrons. The third-order valence-corrected chi connectivity index (χ3v) is 4.26. The molecule has 0 unspecified atom stereocenters. The highest BCUT2D eigenvalue weighted by molar-refractivity contribution is 6.19. The van der Waals surface area contributed by atoms with E-state index in [4.69, 9.17) is 9.15 Å². The second-order valence-corrected chi connectivity index (χ2v) is 5.87. The molecule has 1 aromatic heterocycles. The molecule has 4 aromatic rings. The molecule has 0 aliphatic heterocycles. The number of hydrogen-bond acceptors (Lipinski definition) is 3. The molecule has 1 heterocycles. The molecule has 0 bridgehead atoms. The van der Waals surface area contributed by atoms with E-state index in [1.807, 2.05) is 36.4 Å². The van der Waals surface area contributed by atoms with Crippen LogP contribution in [0.2, 0.25) is 0 Å². The number of para-hydroxylation sites is 1. The fourth-order valence-corrected chi connectivity index (χ4v) is 2.99. The molecule has 0 spiro atoms. The van der Waals surface area contributed by atoms with Crippen LogP contribution in [0.4, 0.5) is 4.39 Å². The predicted octanol–water partition coefficient (Wildman–Crippen LogP) is 5.48. The van der Waals surface area contributed by atoms with Crippen LogP contribution in [-0.4, -0.2) is 12.9 Å². The first-order chi connectivity index (χ1) is 12.7. The van der Waals surface area contributed by atoms with Crippen LogP contribution in [-0.2, 0) is 0 Å². The lowest BCUT2D eigenvalue weighted by Gasteiger charge is -2.05. The number of benzene rings is 3. The molecule has 0 N–H and O–H groups in total. The quantitative estimate of drug-likeness (QED) is 0.459. The van der Waals surface area contributed by atoms with Crippen molar-refractivity contribution in [1.29, 1.82) is 0 Å². The van der Waals surface area contributed by atoms with E-state index in [2.05, 4.69) is 0 Å². The summed E-state index contributed by atoms with van der Waals surface area (Å²) >= 11 is 0. The van der Waals surface area contributed by atoms with Crippen LogP contribution in [0.15, 0.2) is 77.2 Å². The molecule has 0 amide bonds. The SMILES string of the molecule is COc1ccc(-c2oc3ccccc3c2C(=O)c2cccc(F)c2)cc1. The van der Waals surface area contributed by atoms with E-state index in [-0.39, 0.29) is 11.3 Å². The van der Waals surface area contributed by atoms with Crippen LogP contribution >= 0.6 is 0 Å². The smallest absolute Gasteiger partial charge is 0.197 e. The Kier molecular flexibility index (Phi) is 4.01. The van der Waals surface area contributed by atoms with Gasteiger partial charge < -0.3 is 9.15 Å². The van der Waals surface area contributed by atoms with Crippen LogP contribution in [0, 0.1) is 5.82 Å². The summed E-state index contributed by atoms with van der Waals surface area (Å²) in [7, 11) is 1.59. The Labute approximate surface area is 149 Å². The monoisotopic (exact) mass is 346 g/mol. The van der Waals surface area contributed by atoms with Gasteiger partial charge in [0.2, 0.25) is 0 Å². The highest BCUT2D eigenvalue weighted by Crippen LogP contribution is 2.35. The number of rotatable bonds is 4. The molecule has 0 fully saturated rings. The summed E-state index contributed by atoms with van der Waals surface area (Å²) in [6.45, 7) is 0. The number of carbonyl (C=O) groups excluding carboxylic acids is 1. The van der Waals surface area contributed by atoms with Crippen molar-refractivity contribution < 1.29 is 18.3 Å². The lowest BCUT2D eigenvalue weighted by atomic mass is 9.97. The van der Waals surface area contributed by atoms with E-state index in [1.165, 1.54) is 18.2 Å². The third-order valence-electron chi connectivity index (χ3n) is 4.26. The Hall–Kier alpha value is -3.40. The number of methoxy groups -OCH3 is 1. The summed E-state index contributed by atoms with van der Waals surface area (Å²) in [5, 5.41) is 0.701. The average molecular weight is 346 g/mol. The highest BCUT2D eigenvalue weighted by Gasteiger charge is 2.23. The van der Waals surface area contributed by atoms with Crippen LogP contribution in [0.1, 0.15) is 15.9 Å². The molecule has 0 atom stereocenters. The summed E-state index contributed by atoms with van der Waals surface area (Å²) in [4.78, 5) is 13.1. The molecule has 4 heteroatoms. The van der Waals surface area contributed by atoms with Crippen LogP contribution in [0.5, 0.6) is 5.75 Å². The Morgan fingerprint density at radius 3 is 2.46 bits per heavy atom. The highest BCUT2D eigenvalue weighted by atomic mass is 19.1. The minimum Gasteiger partial charge on any atom is -0.497 e. The van der Waals surface area contributed by atoms with Gasteiger partial charge in [-0.15, -0.1) is 0 Å². The molecule has 4 rings (SSSR count). The van der Waals surface area contributed by atoms with Crippen molar-refractivity contribution in [2.24, 2.45) is 0 Å². The van der Waals surface area contributed by atoms with Gasteiger partial charge in [-0.3, -0.25) is 4.79 Å². The first-order valence-corrected chi connectivity index (χ1v) is 8.13. The number of carbonyl (C=O) groups is 1. The topological polar surface area (TPSA) is 39.4 Å².